The second-order valence-electron chi connectivity index (χ2n) is 10.0. The molecular weight excluding hydrogens is 462 g/mol. The smallest absolute Gasteiger partial charge is 0.343 e. The van der Waals surface area contributed by atoms with Gasteiger partial charge >= 0.3 is 11.9 Å². The van der Waals surface area contributed by atoms with Crippen molar-refractivity contribution in [2.24, 2.45) is 0 Å². The highest BCUT2D eigenvalue weighted by atomic mass is 16.6. The number of aromatic nitrogens is 2. The third-order valence-electron chi connectivity index (χ3n) is 6.58. The topological polar surface area (TPSA) is 134 Å². The summed E-state index contributed by atoms with van der Waals surface area (Å²) in [5.41, 5.74) is 6.73. The molecule has 0 amide bonds. The third-order valence-corrected chi connectivity index (χ3v) is 6.58. The Kier molecular flexibility index (Phi) is 5.29. The molecule has 0 saturated heterocycles. The lowest BCUT2D eigenvalue weighted by atomic mass is 9.84. The number of hydrogen-bond donors (Lipinski definition) is 2. The van der Waals surface area contributed by atoms with Crippen LogP contribution in [0.4, 0.5) is 5.69 Å². The van der Waals surface area contributed by atoms with E-state index in [-0.39, 0.29) is 36.4 Å². The Morgan fingerprint density at radius 2 is 2.00 bits per heavy atom. The number of ether oxygens (including phenoxy) is 2. The van der Waals surface area contributed by atoms with Gasteiger partial charge in [0.05, 0.1) is 34.7 Å². The van der Waals surface area contributed by atoms with Gasteiger partial charge < -0.3 is 24.9 Å². The quantitative estimate of drug-likeness (QED) is 0.331. The zero-order chi connectivity index (χ0) is 26.0. The molecule has 3 aromatic rings. The fourth-order valence-electron chi connectivity index (χ4n) is 4.96. The second-order valence-corrected chi connectivity index (χ2v) is 10.0. The Bertz CT molecular complexity index is 1550. The highest BCUT2D eigenvalue weighted by Crippen LogP contribution is 2.45. The van der Waals surface area contributed by atoms with Crippen molar-refractivity contribution in [1.29, 1.82) is 0 Å². The van der Waals surface area contributed by atoms with Crippen LogP contribution in [-0.4, -0.2) is 32.2 Å². The van der Waals surface area contributed by atoms with Crippen LogP contribution in [0.5, 0.6) is 0 Å². The van der Waals surface area contributed by atoms with E-state index < -0.39 is 28.7 Å². The van der Waals surface area contributed by atoms with E-state index >= 15 is 0 Å². The van der Waals surface area contributed by atoms with Crippen LogP contribution in [0.1, 0.15) is 56.4 Å². The summed E-state index contributed by atoms with van der Waals surface area (Å²) in [6, 6.07) is 7.43. The van der Waals surface area contributed by atoms with Crippen LogP contribution in [0.15, 0.2) is 35.1 Å². The molecule has 0 unspecified atom stereocenters. The first-order chi connectivity index (χ1) is 17.0. The number of carbonyl (C=O) groups is 2. The first-order valence-corrected chi connectivity index (χ1v) is 11.7. The molecule has 1 atom stereocenters. The van der Waals surface area contributed by atoms with E-state index in [1.54, 1.807) is 33.8 Å². The zero-order valence-electron chi connectivity index (χ0n) is 20.5. The van der Waals surface area contributed by atoms with E-state index in [0.29, 0.717) is 28.0 Å². The Morgan fingerprint density at radius 3 is 2.69 bits per heavy atom. The molecule has 2 aliphatic rings. The van der Waals surface area contributed by atoms with Crippen molar-refractivity contribution in [3.63, 3.8) is 0 Å². The summed E-state index contributed by atoms with van der Waals surface area (Å²) < 4.78 is 12.0. The van der Waals surface area contributed by atoms with E-state index in [9.17, 15) is 19.5 Å². The van der Waals surface area contributed by atoms with Crippen molar-refractivity contribution in [2.75, 3.05) is 5.73 Å². The molecule has 2 aliphatic heterocycles. The summed E-state index contributed by atoms with van der Waals surface area (Å²) in [7, 11) is 0. The highest BCUT2D eigenvalue weighted by Gasteiger charge is 2.47. The van der Waals surface area contributed by atoms with E-state index in [4.69, 9.17) is 20.2 Å². The van der Waals surface area contributed by atoms with Crippen LogP contribution in [0, 0.1) is 0 Å². The van der Waals surface area contributed by atoms with Crippen molar-refractivity contribution in [2.45, 2.75) is 58.5 Å². The molecule has 4 heterocycles. The lowest BCUT2D eigenvalue weighted by Crippen LogP contribution is -2.45. The number of pyridine rings is 2. The van der Waals surface area contributed by atoms with Crippen molar-refractivity contribution in [3.8, 4) is 11.4 Å². The molecule has 2 aromatic heterocycles. The summed E-state index contributed by atoms with van der Waals surface area (Å²) in [5, 5.41) is 12.0. The standard InChI is InChI=1S/C27H27N3O6/c1-5-27(34)20-17(13-35-25(27)33)24(32)30-12-16-14(10-11-19(31)36-26(2,3)4)15-8-6-7-9-18(15)29-22(16)23(30)21(20)28/h6-11,34H,5,12-13,28H2,1-4H3/b11-10+/t27-/m0/s1. The van der Waals surface area contributed by atoms with Gasteiger partial charge in [-0.3, -0.25) is 4.79 Å². The largest absolute Gasteiger partial charge is 0.458 e. The maximum absolute atomic E-state index is 13.5. The van der Waals surface area contributed by atoms with E-state index in [1.165, 1.54) is 10.6 Å². The van der Waals surface area contributed by atoms with E-state index in [0.717, 1.165) is 5.39 Å². The number of para-hydroxylation sites is 1. The number of hydrogen-bond acceptors (Lipinski definition) is 8. The molecule has 0 bridgehead atoms. The molecule has 9 nitrogen and oxygen atoms in total. The number of rotatable bonds is 3. The average molecular weight is 490 g/mol. The number of cyclic esters (lactones) is 1. The predicted molar refractivity (Wildman–Crippen MR) is 134 cm³/mol. The molecule has 1 aromatic carbocycles. The summed E-state index contributed by atoms with van der Waals surface area (Å²) in [6.07, 6.45) is 3.02. The third kappa shape index (κ3) is 3.50. The van der Waals surface area contributed by atoms with Crippen LogP contribution in [-0.2, 0) is 37.8 Å². The lowest BCUT2D eigenvalue weighted by molar-refractivity contribution is -0.172. The van der Waals surface area contributed by atoms with Gasteiger partial charge in [0.25, 0.3) is 5.56 Å². The van der Waals surface area contributed by atoms with Crippen LogP contribution < -0.4 is 11.3 Å². The monoisotopic (exact) mass is 489 g/mol. The summed E-state index contributed by atoms with van der Waals surface area (Å²) in [6.45, 7) is 6.88. The summed E-state index contributed by atoms with van der Waals surface area (Å²) in [5.74, 6) is -1.33. The number of esters is 2. The van der Waals surface area contributed by atoms with Crippen LogP contribution in [0.3, 0.4) is 0 Å². The van der Waals surface area contributed by atoms with Gasteiger partial charge in [-0.1, -0.05) is 25.1 Å². The second kappa shape index (κ2) is 8.03. The van der Waals surface area contributed by atoms with Crippen molar-refractivity contribution < 1.29 is 24.2 Å². The number of benzene rings is 1. The number of nitrogens with zero attached hydrogens (tertiary/aromatic N) is 2. The number of aliphatic hydroxyl groups is 1. The van der Waals surface area contributed by atoms with Gasteiger partial charge in [-0.05, 0) is 44.9 Å². The van der Waals surface area contributed by atoms with Gasteiger partial charge in [0.1, 0.15) is 12.2 Å². The Hall–Kier alpha value is -3.98. The van der Waals surface area contributed by atoms with Crippen molar-refractivity contribution in [3.05, 3.63) is 62.9 Å². The number of carbonyl (C=O) groups excluding carboxylic acids is 2. The summed E-state index contributed by atoms with van der Waals surface area (Å²) >= 11 is 0. The fraction of sp³-hybridized carbons (Fsp3) is 0.333. The average Bonchev–Trinajstić information content (AvgIpc) is 3.20. The molecule has 0 fully saturated rings. The van der Waals surface area contributed by atoms with Gasteiger partial charge in [0, 0.05) is 22.6 Å². The molecule has 9 heteroatoms. The van der Waals surface area contributed by atoms with E-state index in [2.05, 4.69) is 0 Å². The number of fused-ring (bicyclic) bond motifs is 5. The van der Waals surface area contributed by atoms with Crippen molar-refractivity contribution in [1.82, 2.24) is 9.55 Å². The number of nitrogen functional groups attached to an aromatic ring is 1. The van der Waals surface area contributed by atoms with Crippen LogP contribution >= 0.6 is 0 Å². The normalized spacial score (nSPS) is 18.6. The highest BCUT2D eigenvalue weighted by molar-refractivity contribution is 5.98. The molecule has 3 N–H and O–H groups in total. The maximum atomic E-state index is 13.5. The SMILES string of the molecule is CC[C@@]1(O)C(=O)OCc2c1c(N)c1n(c2=O)Cc2c-1nc1ccccc1c2/C=C/C(=O)OC(C)(C)C. The minimum Gasteiger partial charge on any atom is -0.458 e. The van der Waals surface area contributed by atoms with E-state index in [1.807, 2.05) is 24.3 Å². The maximum Gasteiger partial charge on any atom is 0.343 e. The molecule has 0 radical (unpaired) electrons. The molecule has 36 heavy (non-hydrogen) atoms. The molecule has 0 aliphatic carbocycles. The lowest BCUT2D eigenvalue weighted by Gasteiger charge is -2.33. The van der Waals surface area contributed by atoms with Crippen LogP contribution in [0.25, 0.3) is 28.4 Å². The zero-order valence-corrected chi connectivity index (χ0v) is 20.5. The number of anilines is 1. The first-order valence-electron chi connectivity index (χ1n) is 11.7. The van der Waals surface area contributed by atoms with Crippen LogP contribution in [0.2, 0.25) is 0 Å². The van der Waals surface area contributed by atoms with Gasteiger partial charge in [0.15, 0.2) is 5.60 Å². The van der Waals surface area contributed by atoms with Crippen molar-refractivity contribution >= 4 is 34.6 Å². The summed E-state index contributed by atoms with van der Waals surface area (Å²) in [4.78, 5) is 43.3. The molecular formula is C27H27N3O6. The molecule has 186 valence electrons. The molecule has 0 spiro atoms. The predicted octanol–water partition coefficient (Wildman–Crippen LogP) is 3.02. The van der Waals surface area contributed by atoms with Gasteiger partial charge in [-0.15, -0.1) is 0 Å². The van der Waals surface area contributed by atoms with Gasteiger partial charge in [0.2, 0.25) is 0 Å². The minimum absolute atomic E-state index is 0.00614. The Balaban J connectivity index is 1.76. The van der Waals surface area contributed by atoms with Gasteiger partial charge in [-0.2, -0.15) is 0 Å². The fourth-order valence-corrected chi connectivity index (χ4v) is 4.96. The molecule has 5 rings (SSSR count). The number of nitrogens with two attached hydrogens (primary N) is 1. The Morgan fingerprint density at radius 1 is 1.28 bits per heavy atom. The van der Waals surface area contributed by atoms with Gasteiger partial charge in [-0.25, -0.2) is 14.6 Å². The molecule has 0 saturated carbocycles. The Labute approximate surface area is 207 Å². The minimum atomic E-state index is -2.02. The first kappa shape index (κ1) is 23.7.